The number of rotatable bonds is 3. The van der Waals surface area contributed by atoms with Crippen molar-refractivity contribution in [3.8, 4) is 0 Å². The van der Waals surface area contributed by atoms with Gasteiger partial charge in [-0.3, -0.25) is 9.59 Å². The number of alkyl halides is 3. The molecule has 0 atom stereocenters. The first-order valence-corrected chi connectivity index (χ1v) is 9.21. The molecule has 0 radical (unpaired) electrons. The molecule has 1 aromatic carbocycles. The van der Waals surface area contributed by atoms with E-state index in [0.29, 0.717) is 23.1 Å². The normalized spacial score (nSPS) is 16.7. The third-order valence-corrected chi connectivity index (χ3v) is 5.86. The molecule has 28 heavy (non-hydrogen) atoms. The van der Waals surface area contributed by atoms with Crippen LogP contribution in [0.1, 0.15) is 25.6 Å². The number of amides is 2. The average Bonchev–Trinajstić information content (AvgIpc) is 3.34. The second-order valence-corrected chi connectivity index (χ2v) is 7.65. The lowest BCUT2D eigenvalue weighted by molar-refractivity contribution is -0.138. The van der Waals surface area contributed by atoms with Crippen LogP contribution in [0.5, 0.6) is 0 Å². The van der Waals surface area contributed by atoms with Crippen molar-refractivity contribution in [2.24, 2.45) is 5.73 Å². The molecular formula is C18H15F3N4O2S. The first-order valence-electron chi connectivity index (χ1n) is 8.40. The molecule has 1 aromatic heterocycles. The zero-order valence-corrected chi connectivity index (χ0v) is 15.3. The molecule has 146 valence electrons. The Kier molecular flexibility index (Phi) is 4.37. The van der Waals surface area contributed by atoms with Crippen molar-refractivity contribution in [2.45, 2.75) is 6.18 Å². The molecule has 2 aliphatic heterocycles. The molecule has 0 saturated carbocycles. The standard InChI is InChI=1S/C18H15F3N4O2S/c19-18(20,21)13-4-2-1-3-12(13)16(27)24-6-10-8-25(9-11(10)7-24)17-23-5-14(28-17)15(22)26/h1-5H,6-9H2,(H2,22,26). The van der Waals surface area contributed by atoms with Crippen molar-refractivity contribution >= 4 is 28.3 Å². The van der Waals surface area contributed by atoms with Gasteiger partial charge in [0.25, 0.3) is 11.8 Å². The molecule has 2 aliphatic rings. The van der Waals surface area contributed by atoms with Crippen molar-refractivity contribution in [3.05, 3.63) is 57.6 Å². The van der Waals surface area contributed by atoms with Gasteiger partial charge in [-0.15, -0.1) is 0 Å². The summed E-state index contributed by atoms with van der Waals surface area (Å²) in [6, 6.07) is 4.83. The maximum absolute atomic E-state index is 13.2. The topological polar surface area (TPSA) is 79.5 Å². The van der Waals surface area contributed by atoms with E-state index in [9.17, 15) is 22.8 Å². The van der Waals surface area contributed by atoms with Crippen molar-refractivity contribution in [2.75, 3.05) is 31.1 Å². The van der Waals surface area contributed by atoms with E-state index in [0.717, 1.165) is 17.2 Å². The highest BCUT2D eigenvalue weighted by atomic mass is 32.1. The summed E-state index contributed by atoms with van der Waals surface area (Å²) in [6.45, 7) is 1.60. The maximum Gasteiger partial charge on any atom is 0.417 e. The van der Waals surface area contributed by atoms with Crippen LogP contribution in [0.4, 0.5) is 18.3 Å². The zero-order chi connectivity index (χ0) is 20.1. The van der Waals surface area contributed by atoms with E-state index < -0.39 is 23.6 Å². The summed E-state index contributed by atoms with van der Waals surface area (Å²) in [7, 11) is 0. The minimum Gasteiger partial charge on any atom is -0.365 e. The molecule has 0 bridgehead atoms. The fourth-order valence-corrected chi connectivity index (χ4v) is 4.24. The van der Waals surface area contributed by atoms with E-state index in [1.54, 1.807) is 0 Å². The van der Waals surface area contributed by atoms with Crippen LogP contribution in [0.3, 0.4) is 0 Å². The molecule has 0 aliphatic carbocycles. The molecule has 10 heteroatoms. The highest BCUT2D eigenvalue weighted by Gasteiger charge is 2.38. The van der Waals surface area contributed by atoms with Crippen LogP contribution >= 0.6 is 11.3 Å². The van der Waals surface area contributed by atoms with Crippen LogP contribution in [-0.4, -0.2) is 47.9 Å². The van der Waals surface area contributed by atoms with Crippen LogP contribution in [0.15, 0.2) is 41.6 Å². The Labute approximate surface area is 162 Å². The van der Waals surface area contributed by atoms with Gasteiger partial charge in [0.15, 0.2) is 5.13 Å². The third kappa shape index (κ3) is 3.24. The maximum atomic E-state index is 13.2. The fourth-order valence-electron chi connectivity index (χ4n) is 3.47. The predicted molar refractivity (Wildman–Crippen MR) is 97.2 cm³/mol. The lowest BCUT2D eigenvalue weighted by atomic mass is 10.1. The third-order valence-electron chi connectivity index (χ3n) is 4.78. The molecular weight excluding hydrogens is 393 g/mol. The van der Waals surface area contributed by atoms with Gasteiger partial charge >= 0.3 is 6.18 Å². The molecule has 0 saturated heterocycles. The largest absolute Gasteiger partial charge is 0.417 e. The van der Waals surface area contributed by atoms with Gasteiger partial charge in [-0.25, -0.2) is 4.98 Å². The van der Waals surface area contributed by atoms with Gasteiger partial charge in [-0.05, 0) is 23.3 Å². The summed E-state index contributed by atoms with van der Waals surface area (Å²) < 4.78 is 39.6. The number of anilines is 1. The summed E-state index contributed by atoms with van der Waals surface area (Å²) in [5, 5.41) is 0.656. The van der Waals surface area contributed by atoms with Crippen molar-refractivity contribution in [3.63, 3.8) is 0 Å². The summed E-state index contributed by atoms with van der Waals surface area (Å²) in [4.78, 5) is 31.9. The van der Waals surface area contributed by atoms with Crippen LogP contribution in [0, 0.1) is 0 Å². The zero-order valence-electron chi connectivity index (χ0n) is 14.5. The Bertz CT molecular complexity index is 981. The molecule has 0 spiro atoms. The van der Waals surface area contributed by atoms with Crippen LogP contribution in [0.2, 0.25) is 0 Å². The average molecular weight is 408 g/mol. The Balaban J connectivity index is 1.46. The highest BCUT2D eigenvalue weighted by molar-refractivity contribution is 7.17. The van der Waals surface area contributed by atoms with Crippen molar-refractivity contribution in [1.82, 2.24) is 9.88 Å². The van der Waals surface area contributed by atoms with Crippen LogP contribution in [-0.2, 0) is 6.18 Å². The van der Waals surface area contributed by atoms with Gasteiger partial charge in [-0.2, -0.15) is 13.2 Å². The number of aromatic nitrogens is 1. The van der Waals surface area contributed by atoms with Gasteiger partial charge in [0, 0.05) is 26.2 Å². The minimum absolute atomic E-state index is 0.283. The highest BCUT2D eigenvalue weighted by Crippen LogP contribution is 2.35. The van der Waals surface area contributed by atoms with Gasteiger partial charge in [0.1, 0.15) is 4.88 Å². The van der Waals surface area contributed by atoms with Gasteiger partial charge in [-0.1, -0.05) is 23.5 Å². The molecule has 0 unspecified atom stereocenters. The second-order valence-electron chi connectivity index (χ2n) is 6.64. The van der Waals surface area contributed by atoms with E-state index >= 15 is 0 Å². The summed E-state index contributed by atoms with van der Waals surface area (Å²) in [5.74, 6) is -1.16. The number of benzene rings is 1. The van der Waals surface area contributed by atoms with Gasteiger partial charge < -0.3 is 15.5 Å². The number of hydrogen-bond acceptors (Lipinski definition) is 5. The Morgan fingerprint density at radius 2 is 1.71 bits per heavy atom. The van der Waals surface area contributed by atoms with Crippen molar-refractivity contribution < 1.29 is 22.8 Å². The number of nitrogens with two attached hydrogens (primary N) is 1. The second kappa shape index (κ2) is 6.62. The molecule has 2 N–H and O–H groups in total. The summed E-state index contributed by atoms with van der Waals surface area (Å²) in [5.41, 5.74) is 5.98. The molecule has 2 amide bonds. The van der Waals surface area contributed by atoms with E-state index in [-0.39, 0.29) is 18.7 Å². The molecule has 6 nitrogen and oxygen atoms in total. The van der Waals surface area contributed by atoms with Crippen LogP contribution in [0.25, 0.3) is 0 Å². The van der Waals surface area contributed by atoms with Crippen molar-refractivity contribution in [1.29, 1.82) is 0 Å². The Morgan fingerprint density at radius 3 is 2.29 bits per heavy atom. The van der Waals surface area contributed by atoms with Gasteiger partial charge in [0.05, 0.1) is 17.3 Å². The summed E-state index contributed by atoms with van der Waals surface area (Å²) >= 11 is 1.19. The number of carbonyl (C=O) groups is 2. The van der Waals surface area contributed by atoms with Crippen LogP contribution < -0.4 is 10.6 Å². The van der Waals surface area contributed by atoms with E-state index in [4.69, 9.17) is 5.73 Å². The quantitative estimate of drug-likeness (QED) is 0.792. The smallest absolute Gasteiger partial charge is 0.365 e. The number of thiazole rings is 1. The molecule has 3 heterocycles. The molecule has 0 fully saturated rings. The first-order chi connectivity index (χ1) is 13.2. The minimum atomic E-state index is -4.58. The predicted octanol–water partition coefficient (Wildman–Crippen LogP) is 2.53. The number of carbonyl (C=O) groups excluding carboxylic acids is 2. The summed E-state index contributed by atoms with van der Waals surface area (Å²) in [6.07, 6.45) is -3.16. The van der Waals surface area contributed by atoms with E-state index in [1.807, 2.05) is 4.90 Å². The number of halogens is 3. The lowest BCUT2D eigenvalue weighted by Crippen LogP contribution is -2.35. The molecule has 2 aromatic rings. The lowest BCUT2D eigenvalue weighted by Gasteiger charge is -2.23. The van der Waals surface area contributed by atoms with E-state index in [2.05, 4.69) is 4.98 Å². The number of hydrogen-bond donors (Lipinski definition) is 1. The number of primary amides is 1. The Hall–Kier alpha value is -2.88. The Morgan fingerprint density at radius 1 is 1.07 bits per heavy atom. The number of nitrogens with zero attached hydrogens (tertiary/aromatic N) is 3. The monoisotopic (exact) mass is 408 g/mol. The van der Waals surface area contributed by atoms with E-state index in [1.165, 1.54) is 40.6 Å². The first kappa shape index (κ1) is 18.5. The molecule has 4 rings (SSSR count). The fraction of sp³-hybridized carbons (Fsp3) is 0.278. The SMILES string of the molecule is NC(=O)c1cnc(N2CC3=C(CN(C(=O)c4ccccc4C(F)(F)F)C3)C2)s1. The van der Waals surface area contributed by atoms with Gasteiger partial charge in [0.2, 0.25) is 0 Å².